The number of rotatable bonds is 5. The van der Waals surface area contributed by atoms with Gasteiger partial charge >= 0.3 is 0 Å². The van der Waals surface area contributed by atoms with E-state index in [0.29, 0.717) is 11.7 Å². The van der Waals surface area contributed by atoms with Crippen molar-refractivity contribution in [3.05, 3.63) is 17.0 Å². The zero-order valence-electron chi connectivity index (χ0n) is 15.5. The lowest BCUT2D eigenvalue weighted by atomic mass is 9.88. The van der Waals surface area contributed by atoms with E-state index in [4.69, 9.17) is 5.10 Å². The average Bonchev–Trinajstić information content (AvgIpc) is 2.93. The van der Waals surface area contributed by atoms with Crippen LogP contribution in [0.4, 0.5) is 0 Å². The van der Waals surface area contributed by atoms with Crippen LogP contribution >= 0.6 is 0 Å². The van der Waals surface area contributed by atoms with E-state index in [2.05, 4.69) is 16.9 Å². The molecule has 1 aromatic heterocycles. The fourth-order valence-corrected chi connectivity index (χ4v) is 4.30. The van der Waals surface area contributed by atoms with Crippen LogP contribution in [-0.2, 0) is 19.4 Å². The van der Waals surface area contributed by atoms with Gasteiger partial charge in [-0.25, -0.2) is 0 Å². The number of hydrogen-bond acceptors (Lipinski definition) is 3. The molecule has 1 fully saturated rings. The number of nitrogens with zero attached hydrogens (tertiary/aromatic N) is 3. The first-order valence-corrected chi connectivity index (χ1v) is 9.63. The topological polar surface area (TPSA) is 50.2 Å². The summed E-state index contributed by atoms with van der Waals surface area (Å²) in [4.78, 5) is 14.3. The SMILES string of the molecule is CCN[C@@H]1CCc2c(c(C(=O)N(C)C)nn2CC2CCCCC2)C1. The minimum absolute atomic E-state index is 0.0470. The second-order valence-corrected chi connectivity index (χ2v) is 7.66. The molecule has 1 heterocycles. The van der Waals surface area contributed by atoms with E-state index in [1.807, 2.05) is 14.1 Å². The van der Waals surface area contributed by atoms with Crippen LogP contribution < -0.4 is 5.32 Å². The number of hydrogen-bond donors (Lipinski definition) is 1. The van der Waals surface area contributed by atoms with Gasteiger partial charge in [0.05, 0.1) is 0 Å². The van der Waals surface area contributed by atoms with Crippen LogP contribution in [0.25, 0.3) is 0 Å². The molecular formula is C19H32N4O. The second kappa shape index (κ2) is 7.68. The van der Waals surface area contributed by atoms with Gasteiger partial charge in [0.25, 0.3) is 5.91 Å². The highest BCUT2D eigenvalue weighted by Gasteiger charge is 2.30. The van der Waals surface area contributed by atoms with Crippen molar-refractivity contribution in [2.75, 3.05) is 20.6 Å². The van der Waals surface area contributed by atoms with Crippen molar-refractivity contribution in [2.24, 2.45) is 5.92 Å². The first-order valence-electron chi connectivity index (χ1n) is 9.63. The van der Waals surface area contributed by atoms with Crippen molar-refractivity contribution >= 4 is 5.91 Å². The molecule has 1 saturated carbocycles. The minimum atomic E-state index is 0.0470. The number of nitrogens with one attached hydrogen (secondary N) is 1. The summed E-state index contributed by atoms with van der Waals surface area (Å²) >= 11 is 0. The third-order valence-electron chi connectivity index (χ3n) is 5.60. The lowest BCUT2D eigenvalue weighted by molar-refractivity contribution is 0.0819. The quantitative estimate of drug-likeness (QED) is 0.902. The van der Waals surface area contributed by atoms with Crippen molar-refractivity contribution in [1.82, 2.24) is 20.0 Å². The number of fused-ring (bicyclic) bond motifs is 1. The zero-order valence-corrected chi connectivity index (χ0v) is 15.5. The van der Waals surface area contributed by atoms with Gasteiger partial charge < -0.3 is 10.2 Å². The predicted molar refractivity (Wildman–Crippen MR) is 96.3 cm³/mol. The van der Waals surface area contributed by atoms with Crippen LogP contribution in [0.2, 0.25) is 0 Å². The molecule has 5 nitrogen and oxygen atoms in total. The van der Waals surface area contributed by atoms with E-state index in [-0.39, 0.29) is 5.91 Å². The molecule has 1 N–H and O–H groups in total. The Morgan fingerprint density at radius 1 is 1.25 bits per heavy atom. The number of amides is 1. The molecule has 0 unspecified atom stereocenters. The Balaban J connectivity index is 1.87. The second-order valence-electron chi connectivity index (χ2n) is 7.66. The Morgan fingerprint density at radius 3 is 2.67 bits per heavy atom. The monoisotopic (exact) mass is 332 g/mol. The maximum atomic E-state index is 12.6. The van der Waals surface area contributed by atoms with Gasteiger partial charge in [-0.05, 0) is 44.6 Å². The molecule has 24 heavy (non-hydrogen) atoms. The summed E-state index contributed by atoms with van der Waals surface area (Å²) in [5.74, 6) is 0.780. The van der Waals surface area contributed by atoms with Crippen LogP contribution in [0.3, 0.4) is 0 Å². The van der Waals surface area contributed by atoms with E-state index >= 15 is 0 Å². The van der Waals surface area contributed by atoms with Gasteiger partial charge in [0, 0.05) is 37.9 Å². The average molecular weight is 332 g/mol. The highest BCUT2D eigenvalue weighted by Crippen LogP contribution is 2.29. The van der Waals surface area contributed by atoms with Gasteiger partial charge in [-0.15, -0.1) is 0 Å². The van der Waals surface area contributed by atoms with Crippen LogP contribution in [0.15, 0.2) is 0 Å². The third kappa shape index (κ3) is 3.66. The number of aromatic nitrogens is 2. The van der Waals surface area contributed by atoms with Crippen molar-refractivity contribution in [3.8, 4) is 0 Å². The number of carbonyl (C=O) groups is 1. The third-order valence-corrected chi connectivity index (χ3v) is 5.60. The Hall–Kier alpha value is -1.36. The summed E-state index contributed by atoms with van der Waals surface area (Å²) in [6.07, 6.45) is 9.81. The normalized spacial score (nSPS) is 21.5. The number of carbonyl (C=O) groups excluding carboxylic acids is 1. The summed E-state index contributed by atoms with van der Waals surface area (Å²) in [5.41, 5.74) is 3.20. The fraction of sp³-hybridized carbons (Fsp3) is 0.789. The van der Waals surface area contributed by atoms with E-state index in [1.54, 1.807) is 4.90 Å². The molecule has 0 aliphatic heterocycles. The molecule has 0 aromatic carbocycles. The van der Waals surface area contributed by atoms with E-state index < -0.39 is 0 Å². The van der Waals surface area contributed by atoms with Crippen LogP contribution in [0.1, 0.15) is 67.2 Å². The summed E-state index contributed by atoms with van der Waals surface area (Å²) in [5, 5.41) is 8.35. The predicted octanol–water partition coefficient (Wildman–Crippen LogP) is 2.63. The van der Waals surface area contributed by atoms with Crippen LogP contribution in [0.5, 0.6) is 0 Å². The lowest BCUT2D eigenvalue weighted by Gasteiger charge is -2.26. The van der Waals surface area contributed by atoms with Crippen molar-refractivity contribution in [1.29, 1.82) is 0 Å². The molecule has 2 aliphatic rings. The standard InChI is InChI=1S/C19H32N4O/c1-4-20-15-10-11-17-16(12-15)18(19(24)22(2)3)21-23(17)13-14-8-6-5-7-9-14/h14-15,20H,4-13H2,1-3H3/t15-/m1/s1. The molecule has 0 bridgehead atoms. The molecular weight excluding hydrogens is 300 g/mol. The van der Waals surface area contributed by atoms with Gasteiger partial charge in [-0.3, -0.25) is 9.48 Å². The van der Waals surface area contributed by atoms with Gasteiger partial charge in [0.15, 0.2) is 5.69 Å². The Morgan fingerprint density at radius 2 is 2.00 bits per heavy atom. The molecule has 134 valence electrons. The van der Waals surface area contributed by atoms with Gasteiger partial charge in [0.2, 0.25) is 0 Å². The minimum Gasteiger partial charge on any atom is -0.343 e. The largest absolute Gasteiger partial charge is 0.343 e. The Labute approximate surface area is 145 Å². The van der Waals surface area contributed by atoms with Gasteiger partial charge in [-0.2, -0.15) is 5.10 Å². The molecule has 1 amide bonds. The number of likely N-dealkylation sites (N-methyl/N-ethyl adjacent to an activating group) is 1. The van der Waals surface area contributed by atoms with Gasteiger partial charge in [-0.1, -0.05) is 26.2 Å². The molecule has 0 saturated heterocycles. The zero-order chi connectivity index (χ0) is 17.1. The highest BCUT2D eigenvalue weighted by molar-refractivity contribution is 5.93. The fourth-order valence-electron chi connectivity index (χ4n) is 4.30. The molecule has 1 aromatic rings. The highest BCUT2D eigenvalue weighted by atomic mass is 16.2. The summed E-state index contributed by atoms with van der Waals surface area (Å²) in [6.45, 7) is 4.12. The summed E-state index contributed by atoms with van der Waals surface area (Å²) < 4.78 is 2.18. The van der Waals surface area contributed by atoms with E-state index in [9.17, 15) is 4.79 Å². The molecule has 2 aliphatic carbocycles. The first-order chi connectivity index (χ1) is 11.6. The summed E-state index contributed by atoms with van der Waals surface area (Å²) in [7, 11) is 3.64. The van der Waals surface area contributed by atoms with E-state index in [0.717, 1.165) is 38.3 Å². The molecule has 3 rings (SSSR count). The lowest BCUT2D eigenvalue weighted by Crippen LogP contribution is -2.35. The molecule has 1 atom stereocenters. The molecule has 0 radical (unpaired) electrons. The summed E-state index contributed by atoms with van der Waals surface area (Å²) in [6, 6.07) is 0.476. The van der Waals surface area contributed by atoms with Gasteiger partial charge in [0.1, 0.15) is 0 Å². The van der Waals surface area contributed by atoms with Crippen LogP contribution in [-0.4, -0.2) is 47.3 Å². The molecule has 0 spiro atoms. The van der Waals surface area contributed by atoms with Crippen molar-refractivity contribution < 1.29 is 4.79 Å². The maximum absolute atomic E-state index is 12.6. The molecule has 5 heteroatoms. The Kier molecular flexibility index (Phi) is 5.59. The maximum Gasteiger partial charge on any atom is 0.274 e. The smallest absolute Gasteiger partial charge is 0.274 e. The van der Waals surface area contributed by atoms with Crippen molar-refractivity contribution in [3.63, 3.8) is 0 Å². The Bertz CT molecular complexity index is 572. The first kappa shape index (κ1) is 17.5. The van der Waals surface area contributed by atoms with Crippen LogP contribution in [0, 0.1) is 5.92 Å². The van der Waals surface area contributed by atoms with Crippen molar-refractivity contribution in [2.45, 2.75) is 70.9 Å². The van der Waals surface area contributed by atoms with E-state index in [1.165, 1.54) is 43.4 Å².